The zero-order valence-corrected chi connectivity index (χ0v) is 34.0. The highest BCUT2D eigenvalue weighted by atomic mass is 32.2. The molecule has 2 aliphatic heterocycles. The van der Waals surface area contributed by atoms with Gasteiger partial charge < -0.3 is 10.1 Å². The Kier molecular flexibility index (Phi) is 12.6. The van der Waals surface area contributed by atoms with Crippen molar-refractivity contribution in [2.75, 3.05) is 29.9 Å². The molecule has 4 atom stereocenters. The summed E-state index contributed by atoms with van der Waals surface area (Å²) in [5.41, 5.74) is 11.3. The van der Waals surface area contributed by atoms with E-state index in [1.165, 1.54) is 57.3 Å². The summed E-state index contributed by atoms with van der Waals surface area (Å²) in [6.45, 7) is 9.43. The van der Waals surface area contributed by atoms with Crippen LogP contribution < -0.4 is 19.9 Å². The number of fused-ring (bicyclic) bond motifs is 4. The van der Waals surface area contributed by atoms with Gasteiger partial charge >= 0.3 is 6.03 Å². The van der Waals surface area contributed by atoms with Crippen LogP contribution in [-0.2, 0) is 71.4 Å². The van der Waals surface area contributed by atoms with E-state index >= 15 is 0 Å². The molecular weight excluding hydrogens is 725 g/mol. The number of rotatable bonds is 9. The zero-order valence-electron chi connectivity index (χ0n) is 32.4. The highest BCUT2D eigenvalue weighted by Gasteiger charge is 2.33. The SMILES string of the molecule is CC1CC(C)N1CCS(=O)(=O)NC(=O)Nc1c2c(cc3c1CCC3)CCC2.CC1CC(C)N1CCS(N)(=O)=O.N#COc1c2c(cc3c1CCC3)CCC2. The molecule has 2 aromatic carbocycles. The number of urea groups is 1. The van der Waals surface area contributed by atoms with E-state index in [9.17, 15) is 21.6 Å². The lowest BCUT2D eigenvalue weighted by atomic mass is 9.96. The molecule has 2 amide bonds. The fraction of sp³-hybridized carbons (Fsp3) is 0.650. The van der Waals surface area contributed by atoms with E-state index in [2.05, 4.69) is 59.7 Å². The lowest BCUT2D eigenvalue weighted by Gasteiger charge is -2.45. The summed E-state index contributed by atoms with van der Waals surface area (Å²) < 4.78 is 53.4. The molecule has 4 unspecified atom stereocenters. The highest BCUT2D eigenvalue weighted by Crippen LogP contribution is 2.40. The van der Waals surface area contributed by atoms with Crippen molar-refractivity contribution in [1.82, 2.24) is 14.5 Å². The van der Waals surface area contributed by atoms with Gasteiger partial charge in [-0.05, 0) is 162 Å². The number of aryl methyl sites for hydroxylation is 4. The van der Waals surface area contributed by atoms with Gasteiger partial charge in [0.2, 0.25) is 20.0 Å². The van der Waals surface area contributed by atoms with Crippen molar-refractivity contribution in [2.24, 2.45) is 5.14 Å². The Hall–Kier alpha value is -3.22. The van der Waals surface area contributed by atoms with Crippen molar-refractivity contribution in [2.45, 2.75) is 142 Å². The predicted octanol–water partition coefficient (Wildman–Crippen LogP) is 4.88. The third-order valence-corrected chi connectivity index (χ3v) is 14.4. The molecule has 6 aliphatic rings. The molecule has 54 heavy (non-hydrogen) atoms. The van der Waals surface area contributed by atoms with Crippen molar-refractivity contribution < 1.29 is 26.4 Å². The lowest BCUT2D eigenvalue weighted by Crippen LogP contribution is -2.54. The molecule has 296 valence electrons. The summed E-state index contributed by atoms with van der Waals surface area (Å²) >= 11 is 0. The van der Waals surface area contributed by atoms with Gasteiger partial charge in [-0.25, -0.2) is 31.5 Å². The first kappa shape index (κ1) is 40.4. The monoisotopic (exact) mass is 782 g/mol. The number of hydrogen-bond donors (Lipinski definition) is 3. The number of nitrogens with one attached hydrogen (secondary N) is 2. The molecule has 2 saturated heterocycles. The molecule has 14 heteroatoms. The second kappa shape index (κ2) is 16.9. The van der Waals surface area contributed by atoms with Crippen LogP contribution in [0.2, 0.25) is 0 Å². The van der Waals surface area contributed by atoms with Crippen molar-refractivity contribution in [3.05, 3.63) is 56.6 Å². The number of benzene rings is 2. The molecule has 0 aromatic heterocycles. The number of nitrogens with zero attached hydrogens (tertiary/aromatic N) is 3. The number of nitriles is 1. The molecule has 0 radical (unpaired) electrons. The lowest BCUT2D eigenvalue weighted by molar-refractivity contribution is 0.0451. The van der Waals surface area contributed by atoms with Gasteiger partial charge in [0.1, 0.15) is 5.75 Å². The van der Waals surface area contributed by atoms with Gasteiger partial charge in [0.05, 0.1) is 11.5 Å². The van der Waals surface area contributed by atoms with Gasteiger partial charge in [0.15, 0.2) is 0 Å². The molecule has 0 bridgehead atoms. The van der Waals surface area contributed by atoms with Crippen LogP contribution in [0.5, 0.6) is 5.75 Å². The average molecular weight is 783 g/mol. The molecule has 2 heterocycles. The smallest absolute Gasteiger partial charge is 0.332 e. The van der Waals surface area contributed by atoms with E-state index < -0.39 is 26.1 Å². The number of primary sulfonamides is 1. The maximum atomic E-state index is 12.5. The van der Waals surface area contributed by atoms with E-state index in [-0.39, 0.29) is 11.5 Å². The van der Waals surface area contributed by atoms with Crippen LogP contribution in [0.15, 0.2) is 12.1 Å². The van der Waals surface area contributed by atoms with Gasteiger partial charge in [-0.1, -0.05) is 12.1 Å². The molecule has 0 spiro atoms. The summed E-state index contributed by atoms with van der Waals surface area (Å²) in [5, 5.41) is 16.5. The Morgan fingerprint density at radius 2 is 1.13 bits per heavy atom. The summed E-state index contributed by atoms with van der Waals surface area (Å²) in [7, 11) is -6.93. The Morgan fingerprint density at radius 1 is 0.722 bits per heavy atom. The average Bonchev–Trinajstić information content (AvgIpc) is 3.92. The number of likely N-dealkylation sites (tertiary alicyclic amines) is 2. The fourth-order valence-corrected chi connectivity index (χ4v) is 11.0. The van der Waals surface area contributed by atoms with E-state index in [4.69, 9.17) is 15.1 Å². The standard InChI is InChI=1S/C20H29N3O3S.C13H13NO.C7H16N2O2S/c1-13-11-14(2)23(13)9-10-27(25,26)22-20(24)21-19-17-7-3-5-15(17)12-16-6-4-8-18(16)19;14-8-15-13-11-5-1-3-9(11)7-10-4-2-6-12(10)13;1-6-5-7(2)9(6)3-4-12(8,10)11/h12-14H,3-11H2,1-2H3,(H2,21,22,24);7H,1-6H2;6-7H,3-5H2,1-2H3,(H2,8,10,11). The van der Waals surface area contributed by atoms with E-state index in [0.717, 1.165) is 88.5 Å². The van der Waals surface area contributed by atoms with Crippen LogP contribution >= 0.6 is 0 Å². The maximum Gasteiger partial charge on any atom is 0.332 e. The first-order valence-corrected chi connectivity index (χ1v) is 23.2. The topological polar surface area (TPSA) is 175 Å². The van der Waals surface area contributed by atoms with Crippen LogP contribution in [0, 0.1) is 11.5 Å². The van der Waals surface area contributed by atoms with Crippen molar-refractivity contribution in [3.8, 4) is 12.0 Å². The van der Waals surface area contributed by atoms with Crippen LogP contribution in [0.4, 0.5) is 10.5 Å². The summed E-state index contributed by atoms with van der Waals surface area (Å²) in [6, 6.07) is 5.86. The number of anilines is 1. The quantitative estimate of drug-likeness (QED) is 0.300. The number of carbonyl (C=O) groups excluding carboxylic acids is 1. The number of hydrogen-bond acceptors (Lipinski definition) is 9. The first-order valence-electron chi connectivity index (χ1n) is 19.9. The van der Waals surface area contributed by atoms with Crippen LogP contribution in [-0.4, -0.2) is 81.4 Å². The van der Waals surface area contributed by atoms with Gasteiger partial charge in [-0.2, -0.15) is 0 Å². The molecule has 8 rings (SSSR count). The second-order valence-corrected chi connectivity index (χ2v) is 19.8. The molecule has 0 saturated carbocycles. The van der Waals surface area contributed by atoms with Crippen molar-refractivity contribution in [1.29, 1.82) is 5.26 Å². The first-order chi connectivity index (χ1) is 25.6. The Bertz CT molecular complexity index is 1920. The molecule has 2 fully saturated rings. The Labute approximate surface area is 322 Å². The summed E-state index contributed by atoms with van der Waals surface area (Å²) in [4.78, 5) is 16.8. The van der Waals surface area contributed by atoms with Crippen molar-refractivity contribution >= 4 is 31.8 Å². The van der Waals surface area contributed by atoms with Gasteiger partial charge in [0.25, 0.3) is 6.26 Å². The van der Waals surface area contributed by atoms with E-state index in [1.807, 2.05) is 6.26 Å². The van der Waals surface area contributed by atoms with Crippen LogP contribution in [0.3, 0.4) is 0 Å². The van der Waals surface area contributed by atoms with Crippen molar-refractivity contribution in [3.63, 3.8) is 0 Å². The summed E-state index contributed by atoms with van der Waals surface area (Å²) in [5.74, 6) is 0.918. The molecular formula is C40H58N6O6S2. The molecule has 2 aromatic rings. The fourth-order valence-electron chi connectivity index (χ4n) is 9.69. The maximum absolute atomic E-state index is 12.5. The zero-order chi connectivity index (χ0) is 38.8. The van der Waals surface area contributed by atoms with Crippen LogP contribution in [0.25, 0.3) is 0 Å². The van der Waals surface area contributed by atoms with Gasteiger partial charge in [-0.15, -0.1) is 5.26 Å². The number of nitrogens with two attached hydrogens (primary N) is 1. The minimum absolute atomic E-state index is 0.0555. The molecule has 4 N–H and O–H groups in total. The largest absolute Gasteiger partial charge is 0.387 e. The normalized spacial score (nSPS) is 23.9. The van der Waals surface area contributed by atoms with E-state index in [0.29, 0.717) is 37.3 Å². The van der Waals surface area contributed by atoms with Gasteiger partial charge in [-0.3, -0.25) is 9.80 Å². The Morgan fingerprint density at radius 3 is 1.54 bits per heavy atom. The number of carbonyl (C=O) groups is 1. The number of sulfonamides is 2. The third kappa shape index (κ3) is 9.41. The Balaban J connectivity index is 0.000000154. The van der Waals surface area contributed by atoms with E-state index in [1.54, 1.807) is 0 Å². The molecule has 12 nitrogen and oxygen atoms in total. The molecule has 4 aliphatic carbocycles. The minimum Gasteiger partial charge on any atom is -0.387 e. The summed E-state index contributed by atoms with van der Waals surface area (Å²) in [6.07, 6.45) is 17.2. The second-order valence-electron chi connectivity index (χ2n) is 16.2. The number of ether oxygens (including phenoxy) is 1. The predicted molar refractivity (Wildman–Crippen MR) is 212 cm³/mol. The third-order valence-electron chi connectivity index (χ3n) is 12.4. The minimum atomic E-state index is -3.65. The van der Waals surface area contributed by atoms with Gasteiger partial charge in [0, 0.05) is 42.9 Å². The van der Waals surface area contributed by atoms with Crippen LogP contribution in [0.1, 0.15) is 111 Å². The number of amides is 2. The highest BCUT2D eigenvalue weighted by molar-refractivity contribution is 7.90.